The minimum Gasteiger partial charge on any atom is -0.249 e. The Labute approximate surface area is 89.4 Å². The molecule has 1 aliphatic rings. The molecule has 2 rings (SSSR count). The van der Waals surface area contributed by atoms with Gasteiger partial charge in [0, 0.05) is 17.8 Å². The smallest absolute Gasteiger partial charge is 0.0728 e. The summed E-state index contributed by atoms with van der Waals surface area (Å²) in [5.41, 5.74) is 1.22. The van der Waals surface area contributed by atoms with Crippen molar-refractivity contribution in [1.29, 1.82) is 0 Å². The van der Waals surface area contributed by atoms with Gasteiger partial charge in [0.25, 0.3) is 0 Å². The second-order valence-electron chi connectivity index (χ2n) is 3.88. The summed E-state index contributed by atoms with van der Waals surface area (Å²) in [6.07, 6.45) is 6.72. The van der Waals surface area contributed by atoms with Gasteiger partial charge in [-0.05, 0) is 19.8 Å². The van der Waals surface area contributed by atoms with Crippen molar-refractivity contribution in [3.8, 4) is 0 Å². The fraction of sp³-hybridized carbons (Fsp3) is 0.800. The van der Waals surface area contributed by atoms with Crippen LogP contribution in [0.1, 0.15) is 44.2 Å². The topological polar surface area (TPSA) is 30.7 Å². The van der Waals surface area contributed by atoms with Crippen molar-refractivity contribution in [3.05, 3.63) is 11.9 Å². The van der Waals surface area contributed by atoms with Gasteiger partial charge in [0.1, 0.15) is 0 Å². The van der Waals surface area contributed by atoms with E-state index < -0.39 is 0 Å². The fourth-order valence-electron chi connectivity index (χ4n) is 2.22. The van der Waals surface area contributed by atoms with Crippen molar-refractivity contribution in [2.24, 2.45) is 0 Å². The third-order valence-electron chi connectivity index (χ3n) is 3.01. The fourth-order valence-corrected chi connectivity index (χ4v) is 2.63. The van der Waals surface area contributed by atoms with E-state index in [1.54, 1.807) is 0 Å². The van der Waals surface area contributed by atoms with Crippen molar-refractivity contribution >= 4 is 11.6 Å². The quantitative estimate of drug-likeness (QED) is 0.707. The van der Waals surface area contributed by atoms with Gasteiger partial charge in [0.15, 0.2) is 0 Å². The molecule has 1 aliphatic carbocycles. The van der Waals surface area contributed by atoms with Gasteiger partial charge >= 0.3 is 0 Å². The van der Waals surface area contributed by atoms with Gasteiger partial charge in [-0.3, -0.25) is 0 Å². The molecule has 1 fully saturated rings. The Hall–Kier alpha value is -0.570. The molecule has 0 aliphatic heterocycles. The van der Waals surface area contributed by atoms with Crippen LogP contribution in [0.2, 0.25) is 0 Å². The predicted octanol–water partition coefficient (Wildman–Crippen LogP) is 2.56. The number of hydrogen-bond acceptors (Lipinski definition) is 2. The molecule has 14 heavy (non-hydrogen) atoms. The molecule has 4 heteroatoms. The van der Waals surface area contributed by atoms with Crippen LogP contribution in [0.5, 0.6) is 0 Å². The third kappa shape index (κ3) is 1.78. The van der Waals surface area contributed by atoms with Crippen LogP contribution < -0.4 is 0 Å². The molecule has 1 saturated carbocycles. The maximum atomic E-state index is 6.33. The zero-order chi connectivity index (χ0) is 9.97. The Balaban J connectivity index is 2.20. The number of halogens is 1. The van der Waals surface area contributed by atoms with Gasteiger partial charge < -0.3 is 0 Å². The van der Waals surface area contributed by atoms with Gasteiger partial charge in [-0.25, -0.2) is 4.68 Å². The summed E-state index contributed by atoms with van der Waals surface area (Å²) in [4.78, 5) is 0. The minimum atomic E-state index is 0.271. The first-order valence-electron chi connectivity index (χ1n) is 5.35. The summed E-state index contributed by atoms with van der Waals surface area (Å²) in [7, 11) is 0. The molecule has 1 heterocycles. The van der Waals surface area contributed by atoms with Crippen molar-refractivity contribution in [3.63, 3.8) is 0 Å². The average molecular weight is 214 g/mol. The molecule has 1 aromatic rings. The minimum absolute atomic E-state index is 0.271. The van der Waals surface area contributed by atoms with Gasteiger partial charge in [0.2, 0.25) is 0 Å². The van der Waals surface area contributed by atoms with Crippen LogP contribution in [0.15, 0.2) is 6.20 Å². The second kappa shape index (κ2) is 4.30. The van der Waals surface area contributed by atoms with Gasteiger partial charge in [-0.15, -0.1) is 16.7 Å². The molecule has 0 N–H and O–H groups in total. The van der Waals surface area contributed by atoms with E-state index in [0.717, 1.165) is 13.0 Å². The Kier molecular flexibility index (Phi) is 3.06. The van der Waals surface area contributed by atoms with Gasteiger partial charge in [-0.2, -0.15) is 0 Å². The molecule has 2 unspecified atom stereocenters. The molecule has 2 atom stereocenters. The summed E-state index contributed by atoms with van der Waals surface area (Å²) in [5, 5.41) is 8.28. The molecule has 0 aromatic carbocycles. The van der Waals surface area contributed by atoms with Crippen LogP contribution in [0.4, 0.5) is 0 Å². The zero-order valence-corrected chi connectivity index (χ0v) is 9.24. The molecule has 0 bridgehead atoms. The van der Waals surface area contributed by atoms with Crippen molar-refractivity contribution < 1.29 is 0 Å². The lowest BCUT2D eigenvalue weighted by atomic mass is 9.86. The van der Waals surface area contributed by atoms with E-state index in [9.17, 15) is 0 Å². The van der Waals surface area contributed by atoms with Crippen LogP contribution in [-0.4, -0.2) is 20.4 Å². The first-order chi connectivity index (χ1) is 6.83. The Morgan fingerprint density at radius 3 is 3.00 bits per heavy atom. The lowest BCUT2D eigenvalue weighted by molar-refractivity contribution is 0.423. The van der Waals surface area contributed by atoms with E-state index in [0.29, 0.717) is 5.92 Å². The van der Waals surface area contributed by atoms with E-state index in [-0.39, 0.29) is 5.38 Å². The standard InChI is InChI=1S/C10H16ClN3/c1-2-14-10(7-12-13-14)8-5-3-4-6-9(8)11/h7-9H,2-6H2,1H3. The zero-order valence-electron chi connectivity index (χ0n) is 8.49. The first-order valence-corrected chi connectivity index (χ1v) is 5.79. The van der Waals surface area contributed by atoms with Crippen LogP contribution in [0.3, 0.4) is 0 Å². The predicted molar refractivity (Wildman–Crippen MR) is 56.5 cm³/mol. The number of rotatable bonds is 2. The van der Waals surface area contributed by atoms with Crippen LogP contribution in [-0.2, 0) is 6.54 Å². The maximum Gasteiger partial charge on any atom is 0.0728 e. The summed E-state index contributed by atoms with van der Waals surface area (Å²) < 4.78 is 1.96. The lowest BCUT2D eigenvalue weighted by Crippen LogP contribution is -2.20. The highest BCUT2D eigenvalue weighted by Crippen LogP contribution is 2.35. The highest BCUT2D eigenvalue weighted by molar-refractivity contribution is 6.21. The monoisotopic (exact) mass is 213 g/mol. The molecule has 0 spiro atoms. The van der Waals surface area contributed by atoms with Crippen molar-refractivity contribution in [2.75, 3.05) is 0 Å². The average Bonchev–Trinajstić information content (AvgIpc) is 2.66. The summed E-state index contributed by atoms with van der Waals surface area (Å²) in [6.45, 7) is 2.97. The Morgan fingerprint density at radius 1 is 1.50 bits per heavy atom. The van der Waals surface area contributed by atoms with Crippen molar-refractivity contribution in [2.45, 2.75) is 50.4 Å². The van der Waals surface area contributed by atoms with Gasteiger partial charge in [0.05, 0.1) is 11.9 Å². The number of hydrogen-bond donors (Lipinski definition) is 0. The largest absolute Gasteiger partial charge is 0.249 e. The van der Waals surface area contributed by atoms with Crippen LogP contribution in [0.25, 0.3) is 0 Å². The van der Waals surface area contributed by atoms with E-state index in [1.165, 1.54) is 25.0 Å². The first kappa shape index (κ1) is 9.97. The van der Waals surface area contributed by atoms with Gasteiger partial charge in [-0.1, -0.05) is 18.1 Å². The third-order valence-corrected chi connectivity index (χ3v) is 3.53. The molecule has 1 aromatic heterocycles. The maximum absolute atomic E-state index is 6.33. The summed E-state index contributed by atoms with van der Waals surface area (Å²) >= 11 is 6.33. The highest BCUT2D eigenvalue weighted by Gasteiger charge is 2.27. The molecular formula is C10H16ClN3. The molecule has 0 radical (unpaired) electrons. The number of aromatic nitrogens is 3. The van der Waals surface area contributed by atoms with Crippen LogP contribution >= 0.6 is 11.6 Å². The van der Waals surface area contributed by atoms with E-state index in [1.807, 2.05) is 10.9 Å². The van der Waals surface area contributed by atoms with E-state index >= 15 is 0 Å². The summed E-state index contributed by atoms with van der Waals surface area (Å²) in [6, 6.07) is 0. The highest BCUT2D eigenvalue weighted by atomic mass is 35.5. The summed E-state index contributed by atoms with van der Waals surface area (Å²) in [5.74, 6) is 0.459. The Morgan fingerprint density at radius 2 is 2.29 bits per heavy atom. The number of alkyl halides is 1. The SMILES string of the molecule is CCn1nncc1C1CCCCC1Cl. The second-order valence-corrected chi connectivity index (χ2v) is 4.44. The molecule has 3 nitrogen and oxygen atoms in total. The normalized spacial score (nSPS) is 27.9. The number of aryl methyl sites for hydroxylation is 1. The van der Waals surface area contributed by atoms with Crippen LogP contribution in [0, 0.1) is 0 Å². The molecule has 0 amide bonds. The van der Waals surface area contributed by atoms with E-state index in [2.05, 4.69) is 17.2 Å². The van der Waals surface area contributed by atoms with E-state index in [4.69, 9.17) is 11.6 Å². The molecular weight excluding hydrogens is 198 g/mol. The van der Waals surface area contributed by atoms with Crippen molar-refractivity contribution in [1.82, 2.24) is 15.0 Å². The number of nitrogens with zero attached hydrogens (tertiary/aromatic N) is 3. The Bertz CT molecular complexity index is 297. The lowest BCUT2D eigenvalue weighted by Gasteiger charge is -2.26. The molecule has 78 valence electrons. The molecule has 0 saturated heterocycles.